The summed E-state index contributed by atoms with van der Waals surface area (Å²) in [5, 5.41) is 3.16. The van der Waals surface area contributed by atoms with E-state index < -0.39 is 0 Å². The Morgan fingerprint density at radius 3 is 2.75 bits per heavy atom. The lowest BCUT2D eigenvalue weighted by atomic mass is 9.96. The predicted molar refractivity (Wildman–Crippen MR) is 64.4 cm³/mol. The third-order valence-corrected chi connectivity index (χ3v) is 2.82. The maximum Gasteiger partial charge on any atom is 0.123 e. The lowest BCUT2D eigenvalue weighted by molar-refractivity contribution is 0.399. The second-order valence-electron chi connectivity index (χ2n) is 3.99. The van der Waals surface area contributed by atoms with Crippen molar-refractivity contribution in [3.05, 3.63) is 29.6 Å². The van der Waals surface area contributed by atoms with Gasteiger partial charge < -0.3 is 10.1 Å². The van der Waals surface area contributed by atoms with Crippen molar-refractivity contribution < 1.29 is 9.13 Å². The maximum absolute atomic E-state index is 13.2. The van der Waals surface area contributed by atoms with Crippen LogP contribution in [0, 0.1) is 11.7 Å². The van der Waals surface area contributed by atoms with Gasteiger partial charge in [0.05, 0.1) is 7.11 Å². The molecule has 3 heteroatoms. The van der Waals surface area contributed by atoms with Gasteiger partial charge >= 0.3 is 0 Å². The highest BCUT2D eigenvalue weighted by Crippen LogP contribution is 2.23. The molecule has 1 unspecified atom stereocenters. The minimum atomic E-state index is -0.199. The van der Waals surface area contributed by atoms with E-state index in [1.807, 2.05) is 7.05 Å². The molecule has 1 N–H and O–H groups in total. The number of methoxy groups -OCH3 is 1. The van der Waals surface area contributed by atoms with Crippen molar-refractivity contribution >= 4 is 0 Å². The second-order valence-corrected chi connectivity index (χ2v) is 3.99. The van der Waals surface area contributed by atoms with Gasteiger partial charge in [0.1, 0.15) is 11.6 Å². The number of ether oxygens (including phenoxy) is 1. The van der Waals surface area contributed by atoms with Crippen molar-refractivity contribution in [2.75, 3.05) is 20.7 Å². The molecule has 1 aromatic carbocycles. The van der Waals surface area contributed by atoms with Gasteiger partial charge in [0.2, 0.25) is 0 Å². The van der Waals surface area contributed by atoms with Crippen LogP contribution in [-0.4, -0.2) is 20.7 Å². The minimum Gasteiger partial charge on any atom is -0.496 e. The van der Waals surface area contributed by atoms with Crippen LogP contribution in [0.3, 0.4) is 0 Å². The molecule has 0 aliphatic heterocycles. The second kappa shape index (κ2) is 6.48. The van der Waals surface area contributed by atoms with Gasteiger partial charge in [0.25, 0.3) is 0 Å². The highest BCUT2D eigenvalue weighted by atomic mass is 19.1. The van der Waals surface area contributed by atoms with E-state index in [1.165, 1.54) is 6.07 Å². The zero-order valence-corrected chi connectivity index (χ0v) is 10.2. The first-order valence-electron chi connectivity index (χ1n) is 5.68. The molecule has 0 saturated carbocycles. The van der Waals surface area contributed by atoms with Crippen molar-refractivity contribution in [3.8, 4) is 5.75 Å². The van der Waals surface area contributed by atoms with E-state index in [4.69, 9.17) is 4.74 Å². The van der Waals surface area contributed by atoms with E-state index in [9.17, 15) is 4.39 Å². The Bertz CT molecular complexity index is 328. The van der Waals surface area contributed by atoms with E-state index in [0.717, 1.165) is 30.7 Å². The molecule has 0 aromatic heterocycles. The van der Waals surface area contributed by atoms with Crippen LogP contribution in [0.4, 0.5) is 4.39 Å². The largest absolute Gasteiger partial charge is 0.496 e. The SMILES string of the molecule is CCC(CNC)Cc1cc(F)ccc1OC. The number of rotatable bonds is 6. The van der Waals surface area contributed by atoms with Crippen LogP contribution in [0.1, 0.15) is 18.9 Å². The molecule has 0 amide bonds. The maximum atomic E-state index is 13.2. The molecule has 16 heavy (non-hydrogen) atoms. The number of hydrogen-bond acceptors (Lipinski definition) is 2. The van der Waals surface area contributed by atoms with Gasteiger partial charge in [0, 0.05) is 0 Å². The van der Waals surface area contributed by atoms with Gasteiger partial charge in [-0.1, -0.05) is 13.3 Å². The zero-order chi connectivity index (χ0) is 12.0. The third kappa shape index (κ3) is 3.49. The molecule has 1 aromatic rings. The summed E-state index contributed by atoms with van der Waals surface area (Å²) >= 11 is 0. The Kier molecular flexibility index (Phi) is 5.26. The van der Waals surface area contributed by atoms with Crippen LogP contribution in [-0.2, 0) is 6.42 Å². The van der Waals surface area contributed by atoms with Crippen LogP contribution in [0.5, 0.6) is 5.75 Å². The molecule has 1 atom stereocenters. The molecule has 0 fully saturated rings. The van der Waals surface area contributed by atoms with E-state index in [-0.39, 0.29) is 5.82 Å². The van der Waals surface area contributed by atoms with Crippen LogP contribution >= 0.6 is 0 Å². The summed E-state index contributed by atoms with van der Waals surface area (Å²) in [5.41, 5.74) is 0.949. The van der Waals surface area contributed by atoms with Crippen molar-refractivity contribution in [2.45, 2.75) is 19.8 Å². The summed E-state index contributed by atoms with van der Waals surface area (Å²) in [5.74, 6) is 1.09. The molecule has 0 heterocycles. The number of halogens is 1. The fourth-order valence-corrected chi connectivity index (χ4v) is 1.87. The summed E-state index contributed by atoms with van der Waals surface area (Å²) in [7, 11) is 3.56. The molecular formula is C13H20FNO. The van der Waals surface area contributed by atoms with Gasteiger partial charge in [-0.15, -0.1) is 0 Å². The van der Waals surface area contributed by atoms with E-state index in [2.05, 4.69) is 12.2 Å². The van der Waals surface area contributed by atoms with Crippen molar-refractivity contribution in [1.29, 1.82) is 0 Å². The van der Waals surface area contributed by atoms with E-state index >= 15 is 0 Å². The normalized spacial score (nSPS) is 12.5. The molecule has 0 radical (unpaired) electrons. The topological polar surface area (TPSA) is 21.3 Å². The lowest BCUT2D eigenvalue weighted by Crippen LogP contribution is -2.20. The highest BCUT2D eigenvalue weighted by Gasteiger charge is 2.11. The van der Waals surface area contributed by atoms with Crippen LogP contribution < -0.4 is 10.1 Å². The van der Waals surface area contributed by atoms with E-state index in [0.29, 0.717) is 5.92 Å². The van der Waals surface area contributed by atoms with Crippen molar-refractivity contribution in [3.63, 3.8) is 0 Å². The Hall–Kier alpha value is -1.09. The molecule has 0 aliphatic rings. The van der Waals surface area contributed by atoms with Crippen LogP contribution in [0.15, 0.2) is 18.2 Å². The molecule has 0 aliphatic carbocycles. The fourth-order valence-electron chi connectivity index (χ4n) is 1.87. The van der Waals surface area contributed by atoms with Gasteiger partial charge in [-0.2, -0.15) is 0 Å². The highest BCUT2D eigenvalue weighted by molar-refractivity contribution is 5.34. The quantitative estimate of drug-likeness (QED) is 0.803. The smallest absolute Gasteiger partial charge is 0.123 e. The van der Waals surface area contributed by atoms with Crippen molar-refractivity contribution in [2.24, 2.45) is 5.92 Å². The Labute approximate surface area is 96.8 Å². The Morgan fingerprint density at radius 2 is 2.19 bits per heavy atom. The zero-order valence-electron chi connectivity index (χ0n) is 10.2. The first kappa shape index (κ1) is 13.0. The molecule has 0 bridgehead atoms. The summed E-state index contributed by atoms with van der Waals surface area (Å²) in [6.45, 7) is 3.09. The Morgan fingerprint density at radius 1 is 1.44 bits per heavy atom. The summed E-state index contributed by atoms with van der Waals surface area (Å²) in [6.07, 6.45) is 1.92. The van der Waals surface area contributed by atoms with Crippen LogP contribution in [0.25, 0.3) is 0 Å². The first-order valence-corrected chi connectivity index (χ1v) is 5.68. The molecule has 90 valence electrons. The van der Waals surface area contributed by atoms with Gasteiger partial charge in [-0.25, -0.2) is 4.39 Å². The molecule has 0 spiro atoms. The van der Waals surface area contributed by atoms with E-state index in [1.54, 1.807) is 19.2 Å². The number of hydrogen-bond donors (Lipinski definition) is 1. The number of benzene rings is 1. The van der Waals surface area contributed by atoms with Gasteiger partial charge in [-0.3, -0.25) is 0 Å². The van der Waals surface area contributed by atoms with Gasteiger partial charge in [-0.05, 0) is 49.7 Å². The molecule has 1 rings (SSSR count). The average Bonchev–Trinajstić information content (AvgIpc) is 2.29. The summed E-state index contributed by atoms with van der Waals surface area (Å²) in [4.78, 5) is 0. The fraction of sp³-hybridized carbons (Fsp3) is 0.538. The average molecular weight is 225 g/mol. The molecule has 2 nitrogen and oxygen atoms in total. The minimum absolute atomic E-state index is 0.199. The van der Waals surface area contributed by atoms with Crippen molar-refractivity contribution in [1.82, 2.24) is 5.32 Å². The van der Waals surface area contributed by atoms with Crippen LogP contribution in [0.2, 0.25) is 0 Å². The molecular weight excluding hydrogens is 205 g/mol. The monoisotopic (exact) mass is 225 g/mol. The molecule has 0 saturated heterocycles. The predicted octanol–water partition coefficient (Wildman–Crippen LogP) is 2.62. The summed E-state index contributed by atoms with van der Waals surface area (Å²) < 4.78 is 18.4. The van der Waals surface area contributed by atoms with Gasteiger partial charge in [0.15, 0.2) is 0 Å². The summed E-state index contributed by atoms with van der Waals surface area (Å²) in [6, 6.07) is 4.69. The Balaban J connectivity index is 2.80. The number of nitrogens with one attached hydrogen (secondary N) is 1. The standard InChI is InChI=1S/C13H20FNO/c1-4-10(9-15-2)7-11-8-12(14)5-6-13(11)16-3/h5-6,8,10,15H,4,7,9H2,1-3H3. The third-order valence-electron chi connectivity index (χ3n) is 2.82. The first-order chi connectivity index (χ1) is 7.71. The lowest BCUT2D eigenvalue weighted by Gasteiger charge is -2.16.